The number of hydrogen-bond acceptors (Lipinski definition) is 3. The minimum Gasteiger partial charge on any atom is -0.390 e. The summed E-state index contributed by atoms with van der Waals surface area (Å²) in [4.78, 5) is 14.1. The highest BCUT2D eigenvalue weighted by atomic mass is 16.3. The molecule has 1 heterocycles. The van der Waals surface area contributed by atoms with Gasteiger partial charge in [-0.15, -0.1) is 0 Å². The lowest BCUT2D eigenvalue weighted by molar-refractivity contribution is -0.147. The highest BCUT2D eigenvalue weighted by molar-refractivity contribution is 5.79. The Labute approximate surface area is 131 Å². The van der Waals surface area contributed by atoms with E-state index in [1.165, 1.54) is 6.42 Å². The zero-order chi connectivity index (χ0) is 15.4. The van der Waals surface area contributed by atoms with Crippen molar-refractivity contribution in [3.63, 3.8) is 0 Å². The summed E-state index contributed by atoms with van der Waals surface area (Å²) < 4.78 is 0. The van der Waals surface area contributed by atoms with Gasteiger partial charge in [0.05, 0.1) is 18.2 Å². The molecule has 119 valence electrons. The summed E-state index contributed by atoms with van der Waals surface area (Å²) in [6.45, 7) is 0.877. The smallest absolute Gasteiger partial charge is 0.239 e. The van der Waals surface area contributed by atoms with Crippen LogP contribution in [0.1, 0.15) is 51.4 Å². The molecule has 1 N–H and O–H groups in total. The van der Waals surface area contributed by atoms with Gasteiger partial charge in [-0.3, -0.25) is 4.79 Å². The minimum absolute atomic E-state index is 0.00761. The highest BCUT2D eigenvalue weighted by Gasteiger charge is 2.57. The van der Waals surface area contributed by atoms with Crippen LogP contribution in [0.25, 0.3) is 0 Å². The van der Waals surface area contributed by atoms with Crippen LogP contribution in [-0.2, 0) is 4.79 Å². The molecule has 1 amide bonds. The largest absolute Gasteiger partial charge is 0.390 e. The van der Waals surface area contributed by atoms with Crippen LogP contribution >= 0.6 is 0 Å². The fraction of sp³-hybridized carbons (Fsp3) is 0.882. The molecule has 0 aromatic heterocycles. The van der Waals surface area contributed by atoms with Gasteiger partial charge in [0.2, 0.25) is 5.91 Å². The van der Waals surface area contributed by atoms with Gasteiger partial charge in [-0.25, -0.2) is 5.32 Å². The van der Waals surface area contributed by atoms with E-state index in [-0.39, 0.29) is 24.0 Å². The fourth-order valence-corrected chi connectivity index (χ4v) is 5.88. The quantitative estimate of drug-likeness (QED) is 0.850. The average Bonchev–Trinajstić information content (AvgIpc) is 2.90. The van der Waals surface area contributed by atoms with E-state index in [4.69, 9.17) is 10.6 Å². The molecule has 4 aliphatic carbocycles. The predicted octanol–water partition coefficient (Wildman–Crippen LogP) is 1.19. The van der Waals surface area contributed by atoms with Gasteiger partial charge in [0.1, 0.15) is 6.04 Å². The monoisotopic (exact) mass is 302 g/mol. The number of amides is 1. The zero-order valence-electron chi connectivity index (χ0n) is 13.0. The van der Waals surface area contributed by atoms with Crippen LogP contribution in [0.15, 0.2) is 0 Å². The molecule has 1 radical (unpaired) electrons. The van der Waals surface area contributed by atoms with Crippen molar-refractivity contribution in [2.45, 2.75) is 68.5 Å². The maximum Gasteiger partial charge on any atom is 0.239 e. The third kappa shape index (κ3) is 2.33. The highest BCUT2D eigenvalue weighted by Crippen LogP contribution is 2.57. The van der Waals surface area contributed by atoms with E-state index in [2.05, 4.69) is 6.07 Å². The topological polar surface area (TPSA) is 78.4 Å². The summed E-state index contributed by atoms with van der Waals surface area (Å²) in [6, 6.07) is 1.96. The van der Waals surface area contributed by atoms with E-state index in [1.807, 2.05) is 0 Å². The molecule has 0 aromatic rings. The van der Waals surface area contributed by atoms with Crippen molar-refractivity contribution >= 4 is 5.91 Å². The van der Waals surface area contributed by atoms with Crippen molar-refractivity contribution < 1.29 is 9.90 Å². The Hall–Kier alpha value is -1.12. The Balaban J connectivity index is 1.41. The van der Waals surface area contributed by atoms with Crippen LogP contribution in [0.2, 0.25) is 0 Å². The molecular weight excluding hydrogens is 278 g/mol. The number of carbonyl (C=O) groups excluding carboxylic acids is 1. The molecule has 4 saturated carbocycles. The molecule has 0 spiro atoms. The van der Waals surface area contributed by atoms with E-state index in [0.717, 1.165) is 44.9 Å². The molecule has 5 aliphatic rings. The van der Waals surface area contributed by atoms with Crippen LogP contribution < -0.4 is 5.32 Å². The molecule has 1 aliphatic heterocycles. The predicted molar refractivity (Wildman–Crippen MR) is 79.7 cm³/mol. The van der Waals surface area contributed by atoms with Crippen molar-refractivity contribution in [2.24, 2.45) is 11.8 Å². The summed E-state index contributed by atoms with van der Waals surface area (Å²) in [5.41, 5.74) is -0.699. The second kappa shape index (κ2) is 4.94. The summed E-state index contributed by atoms with van der Waals surface area (Å²) in [7, 11) is 0. The number of likely N-dealkylation sites (tertiary alicyclic amines) is 1. The summed E-state index contributed by atoms with van der Waals surface area (Å²) in [5, 5.41) is 24.6. The van der Waals surface area contributed by atoms with E-state index in [9.17, 15) is 9.90 Å². The van der Waals surface area contributed by atoms with E-state index < -0.39 is 5.60 Å². The standard InChI is InChI=1S/C17H24N3O2/c18-9-14-2-1-3-20(14)15(21)10-19-16-5-12-4-13(6-16)8-17(22,7-12)11-16/h12-14,22H,1-8,10-11H2/t12?,13?,14-,16?,17?/m0/s1. The molecular formula is C17H24N3O2. The van der Waals surface area contributed by atoms with Gasteiger partial charge in [0.25, 0.3) is 0 Å². The number of nitriles is 1. The van der Waals surface area contributed by atoms with Gasteiger partial charge in [-0.1, -0.05) is 0 Å². The van der Waals surface area contributed by atoms with Gasteiger partial charge in [0, 0.05) is 12.1 Å². The average molecular weight is 302 g/mol. The molecule has 2 unspecified atom stereocenters. The molecule has 5 nitrogen and oxygen atoms in total. The Bertz CT molecular complexity index is 512. The summed E-state index contributed by atoms with van der Waals surface area (Å²) in [6.07, 6.45) is 7.62. The van der Waals surface area contributed by atoms with Gasteiger partial charge in [-0.05, 0) is 63.2 Å². The number of hydrogen-bond donors (Lipinski definition) is 1. The molecule has 22 heavy (non-hydrogen) atoms. The zero-order valence-corrected chi connectivity index (χ0v) is 13.0. The van der Waals surface area contributed by atoms with Crippen LogP contribution in [0.4, 0.5) is 0 Å². The number of nitrogens with zero attached hydrogens (tertiary/aromatic N) is 3. The lowest BCUT2D eigenvalue weighted by atomic mass is 9.51. The van der Waals surface area contributed by atoms with Crippen molar-refractivity contribution in [3.05, 3.63) is 0 Å². The van der Waals surface area contributed by atoms with Crippen LogP contribution in [0, 0.1) is 23.2 Å². The van der Waals surface area contributed by atoms with Crippen molar-refractivity contribution in [2.75, 3.05) is 13.1 Å². The molecule has 5 heteroatoms. The first kappa shape index (κ1) is 14.5. The molecule has 5 fully saturated rings. The first-order valence-electron chi connectivity index (χ1n) is 8.61. The Morgan fingerprint density at radius 2 is 2.05 bits per heavy atom. The SMILES string of the molecule is N#C[C@@H]1CCCN1C(=O)C[N]C12CC3CC(CC(O)(C3)C1)C2. The Kier molecular flexibility index (Phi) is 3.25. The van der Waals surface area contributed by atoms with E-state index in [0.29, 0.717) is 18.4 Å². The lowest BCUT2D eigenvalue weighted by Crippen LogP contribution is -2.63. The number of carbonyl (C=O) groups is 1. The Morgan fingerprint density at radius 3 is 2.68 bits per heavy atom. The van der Waals surface area contributed by atoms with Crippen LogP contribution in [-0.4, -0.2) is 46.2 Å². The van der Waals surface area contributed by atoms with E-state index in [1.54, 1.807) is 4.90 Å². The molecule has 3 atom stereocenters. The summed E-state index contributed by atoms with van der Waals surface area (Å²) in [5.74, 6) is 1.17. The minimum atomic E-state index is -0.528. The number of aliphatic hydroxyl groups is 1. The third-order valence-corrected chi connectivity index (χ3v) is 6.27. The second-order valence-electron chi connectivity index (χ2n) is 8.10. The fourth-order valence-electron chi connectivity index (χ4n) is 5.88. The Morgan fingerprint density at radius 1 is 1.32 bits per heavy atom. The first-order valence-corrected chi connectivity index (χ1v) is 8.61. The molecule has 1 saturated heterocycles. The number of rotatable bonds is 3. The first-order chi connectivity index (χ1) is 10.5. The van der Waals surface area contributed by atoms with Crippen molar-refractivity contribution in [3.8, 4) is 6.07 Å². The van der Waals surface area contributed by atoms with Crippen LogP contribution in [0.5, 0.6) is 0 Å². The molecule has 5 rings (SSSR count). The van der Waals surface area contributed by atoms with Gasteiger partial charge in [0.15, 0.2) is 0 Å². The molecule has 4 bridgehead atoms. The van der Waals surface area contributed by atoms with Crippen molar-refractivity contribution in [1.82, 2.24) is 10.2 Å². The lowest BCUT2D eigenvalue weighted by Gasteiger charge is -2.59. The van der Waals surface area contributed by atoms with Crippen LogP contribution in [0.3, 0.4) is 0 Å². The van der Waals surface area contributed by atoms with E-state index >= 15 is 0 Å². The summed E-state index contributed by atoms with van der Waals surface area (Å²) >= 11 is 0. The normalized spacial score (nSPS) is 46.0. The maximum absolute atomic E-state index is 12.4. The molecule has 0 aromatic carbocycles. The second-order valence-corrected chi connectivity index (χ2v) is 8.10. The van der Waals surface area contributed by atoms with Gasteiger partial charge >= 0.3 is 0 Å². The van der Waals surface area contributed by atoms with Crippen molar-refractivity contribution in [1.29, 1.82) is 5.26 Å². The third-order valence-electron chi connectivity index (χ3n) is 6.27. The maximum atomic E-state index is 12.4. The van der Waals surface area contributed by atoms with Gasteiger partial charge in [-0.2, -0.15) is 5.26 Å². The van der Waals surface area contributed by atoms with Gasteiger partial charge < -0.3 is 10.0 Å².